The summed E-state index contributed by atoms with van der Waals surface area (Å²) in [6, 6.07) is -0.626. The van der Waals surface area contributed by atoms with Crippen LogP contribution in [0.3, 0.4) is 0 Å². The predicted molar refractivity (Wildman–Crippen MR) is 357 cm³/mol. The molecule has 0 saturated carbocycles. The van der Waals surface area contributed by atoms with E-state index in [9.17, 15) is 19.8 Å². The quantitative estimate of drug-likeness (QED) is 0.0320. The van der Waals surface area contributed by atoms with Gasteiger partial charge in [0.05, 0.1) is 25.4 Å². The molecule has 2 atom stereocenters. The molecular weight excluding hydrogens is 995 g/mol. The van der Waals surface area contributed by atoms with Gasteiger partial charge in [-0.1, -0.05) is 398 Å². The zero-order valence-corrected chi connectivity index (χ0v) is 55.3. The van der Waals surface area contributed by atoms with E-state index in [1.54, 1.807) is 6.08 Å². The molecule has 0 heterocycles. The largest absolute Gasteiger partial charge is 0.466 e. The van der Waals surface area contributed by atoms with Crippen molar-refractivity contribution in [2.75, 3.05) is 13.2 Å². The van der Waals surface area contributed by atoms with Gasteiger partial charge in [-0.25, -0.2) is 0 Å². The summed E-state index contributed by atoms with van der Waals surface area (Å²) < 4.78 is 5.49. The minimum Gasteiger partial charge on any atom is -0.466 e. The van der Waals surface area contributed by atoms with Crippen molar-refractivity contribution >= 4 is 11.9 Å². The van der Waals surface area contributed by atoms with Crippen LogP contribution in [0.5, 0.6) is 0 Å². The molecule has 482 valence electrons. The highest BCUT2D eigenvalue weighted by atomic mass is 16.5. The van der Waals surface area contributed by atoms with Gasteiger partial charge < -0.3 is 20.3 Å². The molecule has 6 heteroatoms. The smallest absolute Gasteiger partial charge is 0.305 e. The molecule has 0 radical (unpaired) electrons. The molecule has 0 aliphatic rings. The Morgan fingerprint density at radius 2 is 0.568 bits per heavy atom. The van der Waals surface area contributed by atoms with Gasteiger partial charge in [-0.3, -0.25) is 9.59 Å². The number of aliphatic hydroxyl groups excluding tert-OH is 2. The number of esters is 1. The van der Waals surface area contributed by atoms with Crippen LogP contribution >= 0.6 is 0 Å². The Labute approximate surface area is 508 Å². The molecule has 0 aromatic rings. The van der Waals surface area contributed by atoms with Crippen molar-refractivity contribution in [1.82, 2.24) is 5.32 Å². The van der Waals surface area contributed by atoms with E-state index in [2.05, 4.69) is 19.2 Å². The summed E-state index contributed by atoms with van der Waals surface area (Å²) in [4.78, 5) is 24.6. The van der Waals surface area contributed by atoms with Crippen molar-refractivity contribution in [3.63, 3.8) is 0 Å². The number of carbonyl (C=O) groups excluding carboxylic acids is 2. The number of hydrogen-bond donors (Lipinski definition) is 3. The zero-order chi connectivity index (χ0) is 58.5. The first-order chi connectivity index (χ1) is 40.0. The molecule has 0 aliphatic carbocycles. The van der Waals surface area contributed by atoms with Crippen molar-refractivity contribution in [1.29, 1.82) is 0 Å². The Bertz CT molecular complexity index is 1220. The van der Waals surface area contributed by atoms with Crippen molar-refractivity contribution in [2.24, 2.45) is 0 Å². The second kappa shape index (κ2) is 71.1. The van der Waals surface area contributed by atoms with Crippen molar-refractivity contribution < 1.29 is 24.5 Å². The normalized spacial score (nSPS) is 12.5. The molecule has 2 unspecified atom stereocenters. The minimum absolute atomic E-state index is 0.0211. The zero-order valence-electron chi connectivity index (χ0n) is 55.3. The lowest BCUT2D eigenvalue weighted by Crippen LogP contribution is -2.45. The van der Waals surface area contributed by atoms with Crippen LogP contribution in [-0.4, -0.2) is 47.4 Å². The lowest BCUT2D eigenvalue weighted by Gasteiger charge is -2.20. The summed E-state index contributed by atoms with van der Waals surface area (Å²) in [6.07, 6.45) is 88.8. The molecule has 81 heavy (non-hydrogen) atoms. The summed E-state index contributed by atoms with van der Waals surface area (Å²) in [6.45, 7) is 4.96. The number of amides is 1. The van der Waals surface area contributed by atoms with Gasteiger partial charge >= 0.3 is 5.97 Å². The number of rotatable bonds is 71. The molecule has 6 nitrogen and oxygen atoms in total. The van der Waals surface area contributed by atoms with Crippen LogP contribution in [0, 0.1) is 0 Å². The highest BCUT2D eigenvalue weighted by Gasteiger charge is 2.18. The predicted octanol–water partition coefficient (Wildman–Crippen LogP) is 24.3. The molecular formula is C75H147NO5. The second-order valence-electron chi connectivity index (χ2n) is 26.0. The lowest BCUT2D eigenvalue weighted by molar-refractivity contribution is -0.143. The van der Waals surface area contributed by atoms with Crippen LogP contribution in [0.4, 0.5) is 0 Å². The van der Waals surface area contributed by atoms with Crippen LogP contribution < -0.4 is 5.32 Å². The lowest BCUT2D eigenvalue weighted by atomic mass is 10.0. The topological polar surface area (TPSA) is 95.9 Å². The number of allylic oxidation sites excluding steroid dienone is 1. The fraction of sp³-hybridized carbons (Fsp3) is 0.947. The molecule has 0 fully saturated rings. The van der Waals surface area contributed by atoms with Crippen LogP contribution in [0.2, 0.25) is 0 Å². The van der Waals surface area contributed by atoms with Gasteiger partial charge in [0.2, 0.25) is 5.91 Å². The molecule has 0 aliphatic heterocycles. The van der Waals surface area contributed by atoms with Gasteiger partial charge in [-0.15, -0.1) is 0 Å². The van der Waals surface area contributed by atoms with Gasteiger partial charge in [0, 0.05) is 12.8 Å². The average molecular weight is 1140 g/mol. The number of aliphatic hydroxyl groups is 2. The van der Waals surface area contributed by atoms with E-state index in [4.69, 9.17) is 4.74 Å². The Kier molecular flexibility index (Phi) is 69.9. The summed E-state index contributed by atoms with van der Waals surface area (Å²) in [5.41, 5.74) is 0. The molecule has 0 rings (SSSR count). The van der Waals surface area contributed by atoms with Crippen LogP contribution in [0.25, 0.3) is 0 Å². The van der Waals surface area contributed by atoms with Gasteiger partial charge in [0.1, 0.15) is 0 Å². The number of nitrogens with one attached hydrogen (secondary N) is 1. The number of ether oxygens (including phenoxy) is 1. The first-order valence-electron chi connectivity index (χ1n) is 37.5. The van der Waals surface area contributed by atoms with Crippen molar-refractivity contribution in [3.8, 4) is 0 Å². The first-order valence-corrected chi connectivity index (χ1v) is 37.5. The van der Waals surface area contributed by atoms with Gasteiger partial charge in [-0.05, 0) is 32.1 Å². The summed E-state index contributed by atoms with van der Waals surface area (Å²) in [5, 5.41) is 23.3. The van der Waals surface area contributed by atoms with Gasteiger partial charge in [0.25, 0.3) is 0 Å². The molecule has 1 amide bonds. The molecule has 0 aromatic heterocycles. The molecule has 0 aromatic carbocycles. The van der Waals surface area contributed by atoms with Crippen LogP contribution in [0.1, 0.15) is 431 Å². The fourth-order valence-electron chi connectivity index (χ4n) is 12.1. The second-order valence-corrected chi connectivity index (χ2v) is 26.0. The Morgan fingerprint density at radius 1 is 0.333 bits per heavy atom. The third-order valence-corrected chi connectivity index (χ3v) is 17.8. The highest BCUT2D eigenvalue weighted by molar-refractivity contribution is 5.76. The number of unbranched alkanes of at least 4 members (excludes halogenated alkanes) is 60. The number of carbonyl (C=O) groups is 2. The Hall–Kier alpha value is -1.40. The maximum atomic E-state index is 12.5. The van der Waals surface area contributed by atoms with Crippen molar-refractivity contribution in [2.45, 2.75) is 443 Å². The average Bonchev–Trinajstić information content (AvgIpc) is 3.47. The Balaban J connectivity index is 3.37. The maximum absolute atomic E-state index is 12.5. The van der Waals surface area contributed by atoms with E-state index in [1.807, 2.05) is 6.08 Å². The highest BCUT2D eigenvalue weighted by Crippen LogP contribution is 2.20. The minimum atomic E-state index is -0.843. The maximum Gasteiger partial charge on any atom is 0.305 e. The summed E-state index contributed by atoms with van der Waals surface area (Å²) >= 11 is 0. The first kappa shape index (κ1) is 79.6. The third-order valence-electron chi connectivity index (χ3n) is 17.8. The van der Waals surface area contributed by atoms with E-state index in [1.165, 1.54) is 366 Å². The third kappa shape index (κ3) is 67.6. The van der Waals surface area contributed by atoms with E-state index < -0.39 is 12.1 Å². The SMILES string of the molecule is CCCCCCCCCCCCCCCCCCCCCCC/C=C/C(O)C(CO)NC(=O)CCCCCCCCCCCCCCCCCCCCCCCCCCCCCCOC(=O)CCCCCCCCCCCCCCC. The van der Waals surface area contributed by atoms with Crippen LogP contribution in [0.15, 0.2) is 12.2 Å². The molecule has 3 N–H and O–H groups in total. The van der Waals surface area contributed by atoms with Crippen LogP contribution in [-0.2, 0) is 14.3 Å². The standard InChI is InChI=1S/C75H147NO5/c1-3-5-7-9-11-13-15-17-18-19-20-21-28-31-34-37-40-44-47-51-55-59-63-67-73(78)72(71-77)76-74(79)68-64-60-56-52-48-45-41-38-35-32-29-26-24-22-23-25-27-30-33-36-39-42-46-50-54-58-62-66-70-81-75(80)69-65-61-57-53-49-43-16-14-12-10-8-6-4-2/h63,67,72-73,77-78H,3-62,64-66,68-71H2,1-2H3,(H,76,79)/b67-63+. The summed E-state index contributed by atoms with van der Waals surface area (Å²) in [7, 11) is 0. The number of hydrogen-bond acceptors (Lipinski definition) is 5. The Morgan fingerprint density at radius 3 is 0.840 bits per heavy atom. The van der Waals surface area contributed by atoms with E-state index in [0.29, 0.717) is 19.4 Å². The summed E-state index contributed by atoms with van der Waals surface area (Å²) in [5.74, 6) is -0.0384. The van der Waals surface area contributed by atoms with E-state index in [-0.39, 0.29) is 18.5 Å². The van der Waals surface area contributed by atoms with E-state index in [0.717, 1.165) is 38.5 Å². The molecule has 0 bridgehead atoms. The monoisotopic (exact) mass is 1140 g/mol. The molecule has 0 spiro atoms. The van der Waals surface area contributed by atoms with Gasteiger partial charge in [-0.2, -0.15) is 0 Å². The fourth-order valence-corrected chi connectivity index (χ4v) is 12.1. The van der Waals surface area contributed by atoms with Gasteiger partial charge in [0.15, 0.2) is 0 Å². The molecule has 0 saturated heterocycles. The van der Waals surface area contributed by atoms with Crippen molar-refractivity contribution in [3.05, 3.63) is 12.2 Å². The van der Waals surface area contributed by atoms with E-state index >= 15 is 0 Å².